The maximum absolute atomic E-state index is 4.57. The number of para-hydroxylation sites is 1. The lowest BCUT2D eigenvalue weighted by Gasteiger charge is -2.18. The molecule has 2 aromatic rings. The number of allylic oxidation sites excluding steroid dienone is 4. The topological polar surface area (TPSA) is 12.9 Å². The van der Waals surface area contributed by atoms with Gasteiger partial charge in [0.15, 0.2) is 0 Å². The van der Waals surface area contributed by atoms with Crippen LogP contribution in [0.2, 0.25) is 0 Å². The molecular formula is C16H14BrN. The Balaban J connectivity index is 2.08. The Morgan fingerprint density at radius 1 is 1.28 bits per heavy atom. The van der Waals surface area contributed by atoms with Gasteiger partial charge < -0.3 is 0 Å². The second-order valence-corrected chi connectivity index (χ2v) is 5.56. The van der Waals surface area contributed by atoms with Gasteiger partial charge in [-0.1, -0.05) is 52.4 Å². The Morgan fingerprint density at radius 2 is 2.11 bits per heavy atom. The van der Waals surface area contributed by atoms with Crippen LogP contribution in [0.25, 0.3) is 10.9 Å². The average molecular weight is 300 g/mol. The molecule has 1 nitrogen and oxygen atoms in total. The number of rotatable bonds is 1. The van der Waals surface area contributed by atoms with E-state index in [0.717, 1.165) is 11.9 Å². The van der Waals surface area contributed by atoms with Crippen LogP contribution in [0.15, 0.2) is 53.2 Å². The molecule has 90 valence electrons. The standard InChI is InChI=1S/C16H14BrN/c1-11-14-4-2-3-5-16(14)18-10-15(11)12-6-8-13(17)9-7-12/h2-6,8-10,12H,7H2,1H3. The van der Waals surface area contributed by atoms with E-state index >= 15 is 0 Å². The van der Waals surface area contributed by atoms with Gasteiger partial charge in [-0.05, 0) is 30.5 Å². The van der Waals surface area contributed by atoms with E-state index in [-0.39, 0.29) is 0 Å². The fraction of sp³-hybridized carbons (Fsp3) is 0.188. The number of fused-ring (bicyclic) bond motifs is 1. The van der Waals surface area contributed by atoms with Crippen LogP contribution in [0, 0.1) is 6.92 Å². The molecule has 0 amide bonds. The Hall–Kier alpha value is -1.41. The Morgan fingerprint density at radius 3 is 2.89 bits per heavy atom. The minimum Gasteiger partial charge on any atom is -0.256 e. The molecule has 1 aromatic heterocycles. The summed E-state index contributed by atoms with van der Waals surface area (Å²) in [5.41, 5.74) is 3.76. The smallest absolute Gasteiger partial charge is 0.0704 e. The maximum atomic E-state index is 4.57. The van der Waals surface area contributed by atoms with Gasteiger partial charge in [-0.3, -0.25) is 4.98 Å². The van der Waals surface area contributed by atoms with Crippen molar-refractivity contribution in [3.8, 4) is 0 Å². The normalized spacial score (nSPS) is 19.0. The lowest BCUT2D eigenvalue weighted by Crippen LogP contribution is -2.01. The van der Waals surface area contributed by atoms with E-state index in [9.17, 15) is 0 Å². The summed E-state index contributed by atoms with van der Waals surface area (Å²) in [6, 6.07) is 8.33. The molecule has 1 atom stereocenters. The predicted molar refractivity (Wildman–Crippen MR) is 80.0 cm³/mol. The maximum Gasteiger partial charge on any atom is 0.0704 e. The van der Waals surface area contributed by atoms with Crippen LogP contribution in [-0.4, -0.2) is 4.98 Å². The van der Waals surface area contributed by atoms with Crippen molar-refractivity contribution in [3.63, 3.8) is 0 Å². The van der Waals surface area contributed by atoms with E-state index < -0.39 is 0 Å². The lowest BCUT2D eigenvalue weighted by atomic mass is 9.89. The largest absolute Gasteiger partial charge is 0.256 e. The second kappa shape index (κ2) is 4.69. The summed E-state index contributed by atoms with van der Waals surface area (Å²) >= 11 is 3.51. The number of halogens is 1. The average Bonchev–Trinajstić information content (AvgIpc) is 2.41. The van der Waals surface area contributed by atoms with Gasteiger partial charge in [0, 0.05) is 22.0 Å². The van der Waals surface area contributed by atoms with Crippen LogP contribution in [-0.2, 0) is 0 Å². The molecule has 0 bridgehead atoms. The van der Waals surface area contributed by atoms with Gasteiger partial charge in [-0.2, -0.15) is 0 Å². The van der Waals surface area contributed by atoms with Crippen molar-refractivity contribution in [1.82, 2.24) is 4.98 Å². The number of hydrogen-bond acceptors (Lipinski definition) is 1. The SMILES string of the molecule is Cc1c(C2C=CC(Br)=CC2)cnc2ccccc12. The molecule has 18 heavy (non-hydrogen) atoms. The molecule has 0 saturated carbocycles. The zero-order chi connectivity index (χ0) is 12.5. The first-order valence-corrected chi connectivity index (χ1v) is 6.93. The van der Waals surface area contributed by atoms with E-state index in [1.54, 1.807) is 0 Å². The van der Waals surface area contributed by atoms with E-state index in [1.807, 2.05) is 12.3 Å². The zero-order valence-electron chi connectivity index (χ0n) is 10.2. The number of benzene rings is 1. The summed E-state index contributed by atoms with van der Waals surface area (Å²) in [5, 5.41) is 1.26. The highest BCUT2D eigenvalue weighted by atomic mass is 79.9. The number of pyridine rings is 1. The summed E-state index contributed by atoms with van der Waals surface area (Å²) in [5.74, 6) is 0.448. The van der Waals surface area contributed by atoms with Crippen LogP contribution in [0.1, 0.15) is 23.5 Å². The number of hydrogen-bond donors (Lipinski definition) is 0. The van der Waals surface area contributed by atoms with E-state index in [1.165, 1.54) is 21.0 Å². The van der Waals surface area contributed by atoms with Gasteiger partial charge >= 0.3 is 0 Å². The van der Waals surface area contributed by atoms with Crippen molar-refractivity contribution in [2.24, 2.45) is 0 Å². The quantitative estimate of drug-likeness (QED) is 0.732. The molecule has 3 rings (SSSR count). The fourth-order valence-electron chi connectivity index (χ4n) is 2.49. The third kappa shape index (κ3) is 2.01. The van der Waals surface area contributed by atoms with Crippen LogP contribution in [0.4, 0.5) is 0 Å². The lowest BCUT2D eigenvalue weighted by molar-refractivity contribution is 0.840. The Kier molecular flexibility index (Phi) is 3.04. The van der Waals surface area contributed by atoms with E-state index in [2.05, 4.69) is 64.3 Å². The highest BCUT2D eigenvalue weighted by molar-refractivity contribution is 9.11. The van der Waals surface area contributed by atoms with Crippen LogP contribution in [0.5, 0.6) is 0 Å². The van der Waals surface area contributed by atoms with Crippen LogP contribution >= 0.6 is 15.9 Å². The molecule has 2 heteroatoms. The first-order chi connectivity index (χ1) is 8.75. The zero-order valence-corrected chi connectivity index (χ0v) is 11.8. The highest BCUT2D eigenvalue weighted by Crippen LogP contribution is 2.32. The number of aryl methyl sites for hydroxylation is 1. The first kappa shape index (κ1) is 11.7. The molecule has 1 aromatic carbocycles. The molecule has 1 aliphatic rings. The Labute approximate surface area is 115 Å². The van der Waals surface area contributed by atoms with Gasteiger partial charge in [0.1, 0.15) is 0 Å². The van der Waals surface area contributed by atoms with Gasteiger partial charge in [0.2, 0.25) is 0 Å². The molecular weight excluding hydrogens is 286 g/mol. The third-order valence-electron chi connectivity index (χ3n) is 3.54. The van der Waals surface area contributed by atoms with Crippen molar-refractivity contribution >= 4 is 26.8 Å². The molecule has 0 fully saturated rings. The van der Waals surface area contributed by atoms with Crippen molar-refractivity contribution in [2.75, 3.05) is 0 Å². The van der Waals surface area contributed by atoms with Crippen molar-refractivity contribution < 1.29 is 0 Å². The minimum atomic E-state index is 0.448. The van der Waals surface area contributed by atoms with Gasteiger partial charge in [-0.15, -0.1) is 0 Å². The summed E-state index contributed by atoms with van der Waals surface area (Å²) in [4.78, 5) is 4.57. The summed E-state index contributed by atoms with van der Waals surface area (Å²) in [7, 11) is 0. The van der Waals surface area contributed by atoms with Gasteiger partial charge in [0.05, 0.1) is 5.52 Å². The summed E-state index contributed by atoms with van der Waals surface area (Å²) in [6.07, 6.45) is 9.67. The minimum absolute atomic E-state index is 0.448. The van der Waals surface area contributed by atoms with Gasteiger partial charge in [0.25, 0.3) is 0 Å². The predicted octanol–water partition coefficient (Wildman–Crippen LogP) is 4.87. The number of nitrogens with zero attached hydrogens (tertiary/aromatic N) is 1. The fourth-order valence-corrected chi connectivity index (χ4v) is 2.83. The second-order valence-electron chi connectivity index (χ2n) is 4.65. The molecule has 0 saturated heterocycles. The van der Waals surface area contributed by atoms with Gasteiger partial charge in [-0.25, -0.2) is 0 Å². The van der Waals surface area contributed by atoms with Crippen LogP contribution in [0.3, 0.4) is 0 Å². The molecule has 0 radical (unpaired) electrons. The van der Waals surface area contributed by atoms with E-state index in [0.29, 0.717) is 5.92 Å². The van der Waals surface area contributed by atoms with E-state index in [4.69, 9.17) is 0 Å². The first-order valence-electron chi connectivity index (χ1n) is 6.14. The monoisotopic (exact) mass is 299 g/mol. The molecule has 0 spiro atoms. The Bertz CT molecular complexity index is 655. The molecule has 1 aliphatic carbocycles. The van der Waals surface area contributed by atoms with Crippen molar-refractivity contribution in [2.45, 2.75) is 19.3 Å². The van der Waals surface area contributed by atoms with Crippen molar-refractivity contribution in [3.05, 3.63) is 64.3 Å². The molecule has 0 N–H and O–H groups in total. The highest BCUT2D eigenvalue weighted by Gasteiger charge is 2.14. The molecule has 1 unspecified atom stereocenters. The van der Waals surface area contributed by atoms with Crippen LogP contribution < -0.4 is 0 Å². The summed E-state index contributed by atoms with van der Waals surface area (Å²) in [6.45, 7) is 2.19. The van der Waals surface area contributed by atoms with Crippen molar-refractivity contribution in [1.29, 1.82) is 0 Å². The summed E-state index contributed by atoms with van der Waals surface area (Å²) < 4.78 is 1.17. The molecule has 1 heterocycles. The molecule has 0 aliphatic heterocycles. The third-order valence-corrected chi connectivity index (χ3v) is 4.13. The number of aromatic nitrogens is 1.